The molecule has 124 valence electrons. The van der Waals surface area contributed by atoms with Gasteiger partial charge in [-0.2, -0.15) is 4.68 Å². The molecule has 0 aliphatic carbocycles. The van der Waals surface area contributed by atoms with E-state index in [9.17, 15) is 19.4 Å². The minimum atomic E-state index is -1.46. The zero-order valence-electron chi connectivity index (χ0n) is 13.1. The summed E-state index contributed by atoms with van der Waals surface area (Å²) in [6.45, 7) is 5.06. The number of nitrogen functional groups attached to an aromatic ring is 1. The number of rotatable bonds is 4. The summed E-state index contributed by atoms with van der Waals surface area (Å²) in [6.07, 6.45) is -1.46. The maximum atomic E-state index is 13.8. The highest BCUT2D eigenvalue weighted by Gasteiger charge is 2.40. The molecule has 2 atom stereocenters. The van der Waals surface area contributed by atoms with Gasteiger partial charge in [0.2, 0.25) is 0 Å². The fourth-order valence-corrected chi connectivity index (χ4v) is 2.45. The molecule has 0 fully saturated rings. The van der Waals surface area contributed by atoms with E-state index in [0.717, 1.165) is 4.68 Å². The zero-order chi connectivity index (χ0) is 17.4. The summed E-state index contributed by atoms with van der Waals surface area (Å²) in [5.74, 6) is -2.98. The number of aliphatic carboxylic acids is 1. The second-order valence-electron chi connectivity index (χ2n) is 6.35. The van der Waals surface area contributed by atoms with Crippen LogP contribution in [0.1, 0.15) is 32.6 Å². The number of hydrogen-bond donors (Lipinski definition) is 3. The van der Waals surface area contributed by atoms with Crippen LogP contribution < -0.4 is 5.73 Å². The van der Waals surface area contributed by atoms with Crippen molar-refractivity contribution >= 4 is 11.8 Å². The van der Waals surface area contributed by atoms with Crippen LogP contribution in [0.4, 0.5) is 10.2 Å². The number of para-hydroxylation sites is 1. The van der Waals surface area contributed by atoms with Crippen LogP contribution in [-0.4, -0.2) is 31.2 Å². The molecule has 2 rings (SSSR count). The lowest BCUT2D eigenvalue weighted by Crippen LogP contribution is -2.34. The summed E-state index contributed by atoms with van der Waals surface area (Å²) in [5, 5.41) is 27.3. The number of carboxylic acid groups (broad SMARTS) is 1. The summed E-state index contributed by atoms with van der Waals surface area (Å²) in [7, 11) is 0. The fraction of sp³-hybridized carbons (Fsp3) is 0.400. The summed E-state index contributed by atoms with van der Waals surface area (Å²) in [6, 6.07) is 5.81. The van der Waals surface area contributed by atoms with Gasteiger partial charge in [0.1, 0.15) is 23.3 Å². The van der Waals surface area contributed by atoms with Crippen LogP contribution in [0.2, 0.25) is 0 Å². The minimum absolute atomic E-state index is 0.0681. The number of anilines is 1. The van der Waals surface area contributed by atoms with Crippen molar-refractivity contribution in [2.45, 2.75) is 26.9 Å². The molecule has 2 aromatic rings. The van der Waals surface area contributed by atoms with Crippen LogP contribution in [0, 0.1) is 17.2 Å². The smallest absolute Gasteiger partial charge is 0.310 e. The number of hydrogen-bond acceptors (Lipinski definition) is 5. The third kappa shape index (κ3) is 3.16. The Morgan fingerprint density at radius 3 is 2.48 bits per heavy atom. The highest BCUT2D eigenvalue weighted by atomic mass is 19.1. The molecule has 0 amide bonds. The van der Waals surface area contributed by atoms with Crippen molar-refractivity contribution in [2.75, 3.05) is 5.73 Å². The maximum absolute atomic E-state index is 13.8. The summed E-state index contributed by atoms with van der Waals surface area (Å²) >= 11 is 0. The zero-order valence-corrected chi connectivity index (χ0v) is 13.1. The molecule has 1 aromatic heterocycles. The minimum Gasteiger partial charge on any atom is -0.481 e. The van der Waals surface area contributed by atoms with E-state index in [4.69, 9.17) is 5.73 Å². The number of nitrogens with zero attached hydrogens (tertiary/aromatic N) is 3. The standard InChI is InChI=1S/C15H19FN4O3/c1-15(2,3)10(14(22)23)12(21)11-13(17)20(19-18-11)9-7-5-4-6-8(9)16/h4-7,10,12,21H,17H2,1-3H3,(H,22,23). The fourth-order valence-electron chi connectivity index (χ4n) is 2.45. The number of benzene rings is 1. The molecule has 23 heavy (non-hydrogen) atoms. The number of carbonyl (C=O) groups is 1. The topological polar surface area (TPSA) is 114 Å². The molecule has 0 radical (unpaired) electrons. The van der Waals surface area contributed by atoms with E-state index in [1.54, 1.807) is 26.8 Å². The number of carboxylic acids is 1. The van der Waals surface area contributed by atoms with Crippen molar-refractivity contribution in [2.24, 2.45) is 11.3 Å². The maximum Gasteiger partial charge on any atom is 0.310 e. The molecule has 0 saturated carbocycles. The Morgan fingerprint density at radius 2 is 1.96 bits per heavy atom. The molecule has 0 aliphatic rings. The van der Waals surface area contributed by atoms with Gasteiger partial charge in [-0.15, -0.1) is 5.10 Å². The Bertz CT molecular complexity index is 724. The van der Waals surface area contributed by atoms with Gasteiger partial charge in [-0.05, 0) is 17.5 Å². The van der Waals surface area contributed by atoms with E-state index >= 15 is 0 Å². The Kier molecular flexibility index (Phi) is 4.37. The van der Waals surface area contributed by atoms with Crippen LogP contribution >= 0.6 is 0 Å². The van der Waals surface area contributed by atoms with Gasteiger partial charge >= 0.3 is 5.97 Å². The lowest BCUT2D eigenvalue weighted by molar-refractivity contribution is -0.151. The summed E-state index contributed by atoms with van der Waals surface area (Å²) < 4.78 is 14.9. The first-order valence-corrected chi connectivity index (χ1v) is 7.01. The molecule has 1 heterocycles. The molecule has 8 heteroatoms. The van der Waals surface area contributed by atoms with E-state index < -0.39 is 29.2 Å². The van der Waals surface area contributed by atoms with E-state index in [-0.39, 0.29) is 17.2 Å². The van der Waals surface area contributed by atoms with Gasteiger partial charge < -0.3 is 15.9 Å². The average Bonchev–Trinajstić information content (AvgIpc) is 2.79. The third-order valence-corrected chi connectivity index (χ3v) is 3.61. The Labute approximate surface area is 132 Å². The number of aromatic nitrogens is 3. The quantitative estimate of drug-likeness (QED) is 0.790. The van der Waals surface area contributed by atoms with E-state index in [1.807, 2.05) is 0 Å². The highest BCUT2D eigenvalue weighted by Crippen LogP contribution is 2.37. The summed E-state index contributed by atoms with van der Waals surface area (Å²) in [5.41, 5.74) is 5.15. The molecule has 1 aromatic carbocycles. The number of halogens is 1. The molecule has 0 aliphatic heterocycles. The molecular weight excluding hydrogens is 303 g/mol. The monoisotopic (exact) mass is 322 g/mol. The van der Waals surface area contributed by atoms with E-state index in [0.29, 0.717) is 0 Å². The number of aliphatic hydroxyl groups excluding tert-OH is 1. The van der Waals surface area contributed by atoms with Gasteiger partial charge in [-0.1, -0.05) is 38.1 Å². The molecule has 4 N–H and O–H groups in total. The largest absolute Gasteiger partial charge is 0.481 e. The first-order valence-electron chi connectivity index (χ1n) is 7.01. The van der Waals surface area contributed by atoms with Crippen LogP contribution in [0.25, 0.3) is 5.69 Å². The Balaban J connectivity index is 2.47. The first-order chi connectivity index (χ1) is 10.6. The Hall–Kier alpha value is -2.48. The lowest BCUT2D eigenvalue weighted by atomic mass is 9.76. The number of nitrogens with two attached hydrogens (primary N) is 1. The molecule has 0 bridgehead atoms. The predicted octanol–water partition coefficient (Wildman–Crippen LogP) is 1.77. The molecule has 7 nitrogen and oxygen atoms in total. The van der Waals surface area contributed by atoms with Gasteiger partial charge in [-0.25, -0.2) is 4.39 Å². The normalized spacial score (nSPS) is 14.5. The van der Waals surface area contributed by atoms with Gasteiger partial charge in [0.05, 0.1) is 5.92 Å². The van der Waals surface area contributed by atoms with Gasteiger partial charge in [0.15, 0.2) is 5.82 Å². The van der Waals surface area contributed by atoms with Crippen molar-refractivity contribution in [3.05, 3.63) is 35.8 Å². The van der Waals surface area contributed by atoms with Gasteiger partial charge in [0, 0.05) is 0 Å². The lowest BCUT2D eigenvalue weighted by Gasteiger charge is -2.30. The van der Waals surface area contributed by atoms with Crippen molar-refractivity contribution in [3.8, 4) is 5.69 Å². The van der Waals surface area contributed by atoms with Crippen LogP contribution in [0.15, 0.2) is 24.3 Å². The van der Waals surface area contributed by atoms with Crippen molar-refractivity contribution < 1.29 is 19.4 Å². The van der Waals surface area contributed by atoms with Crippen LogP contribution in [0.3, 0.4) is 0 Å². The first kappa shape index (κ1) is 16.9. The van der Waals surface area contributed by atoms with E-state index in [2.05, 4.69) is 10.3 Å². The molecule has 2 unspecified atom stereocenters. The van der Waals surface area contributed by atoms with Crippen molar-refractivity contribution in [3.63, 3.8) is 0 Å². The third-order valence-electron chi connectivity index (χ3n) is 3.61. The summed E-state index contributed by atoms with van der Waals surface area (Å²) in [4.78, 5) is 11.5. The van der Waals surface area contributed by atoms with Gasteiger partial charge in [-0.3, -0.25) is 4.79 Å². The van der Waals surface area contributed by atoms with E-state index in [1.165, 1.54) is 18.2 Å². The SMILES string of the molecule is CC(C)(C)C(C(=O)O)C(O)c1nnn(-c2ccccc2F)c1N. The van der Waals surface area contributed by atoms with Gasteiger partial charge in [0.25, 0.3) is 0 Å². The molecule has 0 saturated heterocycles. The van der Waals surface area contributed by atoms with Crippen LogP contribution in [-0.2, 0) is 4.79 Å². The second kappa shape index (κ2) is 5.96. The average molecular weight is 322 g/mol. The van der Waals surface area contributed by atoms with Crippen molar-refractivity contribution in [1.29, 1.82) is 0 Å². The van der Waals surface area contributed by atoms with Crippen LogP contribution in [0.5, 0.6) is 0 Å². The highest BCUT2D eigenvalue weighted by molar-refractivity contribution is 5.72. The molecular formula is C15H19FN4O3. The van der Waals surface area contributed by atoms with Crippen molar-refractivity contribution in [1.82, 2.24) is 15.0 Å². The molecule has 0 spiro atoms. The Morgan fingerprint density at radius 1 is 1.35 bits per heavy atom. The predicted molar refractivity (Wildman–Crippen MR) is 81.3 cm³/mol. The second-order valence-corrected chi connectivity index (χ2v) is 6.35. The number of aliphatic hydroxyl groups is 1.